The van der Waals surface area contributed by atoms with Gasteiger partial charge in [0.25, 0.3) is 5.91 Å². The Morgan fingerprint density at radius 3 is 1.80 bits per heavy atom. The van der Waals surface area contributed by atoms with Gasteiger partial charge in [0.05, 0.1) is 23.0 Å². The molecule has 0 saturated carbocycles. The first-order valence-electron chi connectivity index (χ1n) is 16.2. The quantitative estimate of drug-likeness (QED) is 0.107. The number of carbonyl (C=O) groups is 4. The molecule has 6 aromatic rings. The number of imidazole rings is 1. The van der Waals surface area contributed by atoms with E-state index in [2.05, 4.69) is 68.1 Å². The van der Waals surface area contributed by atoms with E-state index in [1.165, 1.54) is 17.2 Å². The van der Waals surface area contributed by atoms with E-state index in [1.54, 1.807) is 103 Å². The molecule has 0 spiro atoms. The summed E-state index contributed by atoms with van der Waals surface area (Å²) in [6.45, 7) is -0.409. The van der Waals surface area contributed by atoms with Crippen LogP contribution in [0.3, 0.4) is 0 Å². The lowest BCUT2D eigenvalue weighted by atomic mass is 10.1. The molecule has 0 radical (unpaired) electrons. The van der Waals surface area contributed by atoms with E-state index in [0.29, 0.717) is 19.0 Å². The lowest BCUT2D eigenvalue weighted by molar-refractivity contribution is -0.0606. The third-order valence-corrected chi connectivity index (χ3v) is 10.4. The molecule has 1 N–H and O–H groups in total. The molecule has 1 aliphatic heterocycles. The molecule has 0 aliphatic carbocycles. The summed E-state index contributed by atoms with van der Waals surface area (Å²) < 4.78 is 27.3. The lowest BCUT2D eigenvalue weighted by Gasteiger charge is -2.25. The summed E-state index contributed by atoms with van der Waals surface area (Å²) in [5.74, 6) is -2.50. The van der Waals surface area contributed by atoms with Gasteiger partial charge in [-0.25, -0.2) is 29.3 Å². The predicted molar refractivity (Wildman–Crippen MR) is 205 cm³/mol. The summed E-state index contributed by atoms with van der Waals surface area (Å²) in [6.07, 6.45) is -2.47. The van der Waals surface area contributed by atoms with Crippen LogP contribution < -0.4 is 5.32 Å². The maximum absolute atomic E-state index is 13.8. The Morgan fingerprint density at radius 2 is 1.20 bits per heavy atom. The highest BCUT2D eigenvalue weighted by atomic mass is 79.9. The second-order valence-electron chi connectivity index (χ2n) is 11.7. The average molecular weight is 920 g/mol. The summed E-state index contributed by atoms with van der Waals surface area (Å²) >= 11 is 10.2. The van der Waals surface area contributed by atoms with Gasteiger partial charge in [-0.15, -0.1) is 0 Å². The van der Waals surface area contributed by atoms with Crippen molar-refractivity contribution in [2.75, 3.05) is 11.9 Å². The molecule has 1 amide bonds. The molecule has 54 heavy (non-hydrogen) atoms. The highest BCUT2D eigenvalue weighted by Crippen LogP contribution is 2.38. The Hall–Kier alpha value is -5.29. The third kappa shape index (κ3) is 7.82. The number of esters is 3. The molecule has 272 valence electrons. The van der Waals surface area contributed by atoms with Crippen molar-refractivity contribution in [1.82, 2.24) is 19.5 Å². The number of aromatic nitrogens is 4. The number of amides is 1. The van der Waals surface area contributed by atoms with Crippen molar-refractivity contribution in [3.8, 4) is 0 Å². The van der Waals surface area contributed by atoms with Crippen molar-refractivity contribution in [3.05, 3.63) is 151 Å². The molecule has 0 bridgehead atoms. The molecule has 16 heteroatoms. The number of nitrogens with zero attached hydrogens (tertiary/aromatic N) is 4. The van der Waals surface area contributed by atoms with Gasteiger partial charge in [-0.1, -0.05) is 54.6 Å². The van der Waals surface area contributed by atoms with Crippen molar-refractivity contribution in [1.29, 1.82) is 0 Å². The molecule has 1 fully saturated rings. The van der Waals surface area contributed by atoms with E-state index in [9.17, 15) is 19.2 Å². The molecule has 7 rings (SSSR count). The number of fused-ring (bicyclic) bond motifs is 1. The minimum Gasteiger partial charge on any atom is -0.459 e. The number of halogens is 3. The molecule has 1 aliphatic rings. The average Bonchev–Trinajstić information content (AvgIpc) is 3.76. The maximum Gasteiger partial charge on any atom is 0.339 e. The van der Waals surface area contributed by atoms with Crippen molar-refractivity contribution in [3.63, 3.8) is 0 Å². The smallest absolute Gasteiger partial charge is 0.339 e. The van der Waals surface area contributed by atoms with Gasteiger partial charge in [-0.05, 0) is 96.3 Å². The van der Waals surface area contributed by atoms with Gasteiger partial charge in [0.2, 0.25) is 0 Å². The fourth-order valence-electron chi connectivity index (χ4n) is 5.72. The summed E-state index contributed by atoms with van der Waals surface area (Å²) in [5.41, 5.74) is 1.44. The largest absolute Gasteiger partial charge is 0.459 e. The van der Waals surface area contributed by atoms with E-state index >= 15 is 0 Å². The minimum absolute atomic E-state index is 0.114. The highest BCUT2D eigenvalue weighted by molar-refractivity contribution is 9.11. The summed E-state index contributed by atoms with van der Waals surface area (Å²) in [7, 11) is 0. The van der Waals surface area contributed by atoms with Gasteiger partial charge in [-0.2, -0.15) is 0 Å². The zero-order chi connectivity index (χ0) is 37.8. The Kier molecular flexibility index (Phi) is 11.2. The molecule has 2 aromatic heterocycles. The highest BCUT2D eigenvalue weighted by Gasteiger charge is 2.52. The van der Waals surface area contributed by atoms with Crippen molar-refractivity contribution in [2.45, 2.75) is 24.5 Å². The van der Waals surface area contributed by atoms with Crippen molar-refractivity contribution >= 4 is 88.6 Å². The standard InChI is InChI=1S/C38H26Br3N5O8/c39-25-15-7-4-12-22(25)36(48)51-18-28-30(53-37(49)23-13-5-8-16-26(23)40)31(54-38(50)24-14-6-9-17-27(24)41)35(52-28)46-20-44-29-32(42-19-43-33(29)46)45-34(47)21-10-2-1-3-11-21/h1-17,19-20,28,30-31,35H,18H2,(H,42,43,45,47)/t28-,30+,31+,35-/m0/s1. The monoisotopic (exact) mass is 917 g/mol. The molecular weight excluding hydrogens is 894 g/mol. The second-order valence-corrected chi connectivity index (χ2v) is 14.3. The zero-order valence-electron chi connectivity index (χ0n) is 27.7. The van der Waals surface area contributed by atoms with Crippen LogP contribution in [0.4, 0.5) is 5.82 Å². The van der Waals surface area contributed by atoms with Gasteiger partial charge >= 0.3 is 17.9 Å². The van der Waals surface area contributed by atoms with E-state index < -0.39 is 55.0 Å². The Labute approximate surface area is 332 Å². The molecule has 3 heterocycles. The first-order valence-corrected chi connectivity index (χ1v) is 18.6. The number of anilines is 1. The minimum atomic E-state index is -1.35. The normalized spacial score (nSPS) is 17.8. The number of rotatable bonds is 10. The van der Waals surface area contributed by atoms with Gasteiger partial charge < -0.3 is 24.3 Å². The number of nitrogens with one attached hydrogen (secondary N) is 1. The number of benzene rings is 4. The lowest BCUT2D eigenvalue weighted by Crippen LogP contribution is -2.41. The molecule has 1 saturated heterocycles. The molecule has 13 nitrogen and oxygen atoms in total. The van der Waals surface area contributed by atoms with Crippen LogP contribution in [0, 0.1) is 0 Å². The molecule has 0 unspecified atom stereocenters. The fourth-order valence-corrected chi connectivity index (χ4v) is 7.06. The first-order chi connectivity index (χ1) is 26.2. The second kappa shape index (κ2) is 16.4. The van der Waals surface area contributed by atoms with Crippen LogP contribution in [-0.2, 0) is 18.9 Å². The van der Waals surface area contributed by atoms with Crippen LogP contribution in [0.1, 0.15) is 47.7 Å². The Balaban J connectivity index is 1.27. The third-order valence-electron chi connectivity index (χ3n) is 8.33. The van der Waals surface area contributed by atoms with Gasteiger partial charge in [0.1, 0.15) is 19.0 Å². The van der Waals surface area contributed by atoms with Crippen LogP contribution in [0.5, 0.6) is 0 Å². The topological polar surface area (TPSA) is 161 Å². The molecule has 4 atom stereocenters. The van der Waals surface area contributed by atoms with E-state index in [4.69, 9.17) is 18.9 Å². The van der Waals surface area contributed by atoms with Crippen LogP contribution >= 0.6 is 47.8 Å². The Bertz CT molecular complexity index is 2380. The number of ether oxygens (including phenoxy) is 4. The van der Waals surface area contributed by atoms with Crippen molar-refractivity contribution < 1.29 is 38.1 Å². The van der Waals surface area contributed by atoms with Gasteiger partial charge in [-0.3, -0.25) is 9.36 Å². The summed E-state index contributed by atoms with van der Waals surface area (Å²) in [6, 6.07) is 28.6. The number of hydrogen-bond donors (Lipinski definition) is 1. The fraction of sp³-hybridized carbons (Fsp3) is 0.132. The van der Waals surface area contributed by atoms with Gasteiger partial charge in [0, 0.05) is 19.0 Å². The summed E-state index contributed by atoms with van der Waals surface area (Å²) in [5, 5.41) is 2.76. The van der Waals surface area contributed by atoms with Crippen molar-refractivity contribution in [2.24, 2.45) is 0 Å². The number of hydrogen-bond acceptors (Lipinski definition) is 11. The van der Waals surface area contributed by atoms with Crippen LogP contribution in [0.2, 0.25) is 0 Å². The maximum atomic E-state index is 13.8. The van der Waals surface area contributed by atoms with Crippen LogP contribution in [0.25, 0.3) is 11.2 Å². The van der Waals surface area contributed by atoms with E-state index in [-0.39, 0.29) is 33.7 Å². The van der Waals surface area contributed by atoms with Crippen LogP contribution in [-0.4, -0.2) is 68.3 Å². The molecular formula is C38H26Br3N5O8. The first kappa shape index (κ1) is 37.0. The van der Waals surface area contributed by atoms with E-state index in [1.807, 2.05) is 0 Å². The zero-order valence-corrected chi connectivity index (χ0v) is 32.4. The van der Waals surface area contributed by atoms with Gasteiger partial charge in [0.15, 0.2) is 35.4 Å². The molecule has 4 aromatic carbocycles. The van der Waals surface area contributed by atoms with E-state index in [0.717, 1.165) is 0 Å². The summed E-state index contributed by atoms with van der Waals surface area (Å²) in [4.78, 5) is 67.0. The Morgan fingerprint density at radius 1 is 0.667 bits per heavy atom. The SMILES string of the molecule is O=C(Nc1ncnc2c1ncn2[C@H]1O[C@@H](COC(=O)c2ccccc2Br)[C@@H](OC(=O)c2ccccc2Br)[C@H]1OC(=O)c1ccccc1Br)c1ccccc1. The number of carbonyl (C=O) groups excluding carboxylic acids is 4. The van der Waals surface area contributed by atoms with Crippen LogP contribution in [0.15, 0.2) is 129 Å². The predicted octanol–water partition coefficient (Wildman–Crippen LogP) is 7.57.